The SMILES string of the molecule is Cc1cc(C=CC#N)cc(C)c1-c1cccc2cnc(Nc3ccc(C#N)cc3)nc12. The van der Waals surface area contributed by atoms with Crippen LogP contribution in [0.25, 0.3) is 28.1 Å². The Kier molecular flexibility index (Phi) is 5.43. The van der Waals surface area contributed by atoms with E-state index in [1.807, 2.05) is 42.6 Å². The first-order valence-corrected chi connectivity index (χ1v) is 9.80. The van der Waals surface area contributed by atoms with Crippen molar-refractivity contribution >= 4 is 28.6 Å². The average Bonchev–Trinajstić information content (AvgIpc) is 2.78. The number of allylic oxidation sites excluding steroid dienone is 1. The second-order valence-electron chi connectivity index (χ2n) is 7.24. The molecule has 31 heavy (non-hydrogen) atoms. The van der Waals surface area contributed by atoms with Crippen molar-refractivity contribution < 1.29 is 0 Å². The summed E-state index contributed by atoms with van der Waals surface area (Å²) in [5.41, 5.74) is 7.67. The van der Waals surface area contributed by atoms with Crippen molar-refractivity contribution in [2.75, 3.05) is 5.32 Å². The number of nitriles is 2. The number of nitrogens with one attached hydrogen (secondary N) is 1. The third kappa shape index (κ3) is 4.12. The van der Waals surface area contributed by atoms with Crippen LogP contribution < -0.4 is 5.32 Å². The van der Waals surface area contributed by atoms with Crippen LogP contribution in [-0.2, 0) is 0 Å². The van der Waals surface area contributed by atoms with Gasteiger partial charge < -0.3 is 5.32 Å². The fourth-order valence-corrected chi connectivity index (χ4v) is 3.73. The Balaban J connectivity index is 1.78. The van der Waals surface area contributed by atoms with Gasteiger partial charge in [-0.3, -0.25) is 0 Å². The molecule has 4 aromatic rings. The van der Waals surface area contributed by atoms with Gasteiger partial charge in [-0.25, -0.2) is 9.97 Å². The Bertz CT molecular complexity index is 1360. The van der Waals surface area contributed by atoms with Crippen LogP contribution in [0.4, 0.5) is 11.6 Å². The Morgan fingerprint density at radius 3 is 2.39 bits per heavy atom. The summed E-state index contributed by atoms with van der Waals surface area (Å²) in [5.74, 6) is 0.494. The molecule has 0 bridgehead atoms. The smallest absolute Gasteiger partial charge is 0.227 e. The van der Waals surface area contributed by atoms with Crippen LogP contribution in [0.2, 0.25) is 0 Å². The number of aromatic nitrogens is 2. The molecule has 1 heterocycles. The lowest BCUT2D eigenvalue weighted by Gasteiger charge is -2.14. The first-order valence-electron chi connectivity index (χ1n) is 9.80. The van der Waals surface area contributed by atoms with Gasteiger partial charge in [0.05, 0.1) is 23.2 Å². The zero-order valence-corrected chi connectivity index (χ0v) is 17.2. The van der Waals surface area contributed by atoms with Crippen LogP contribution in [0.3, 0.4) is 0 Å². The Hall–Kier alpha value is -4.48. The molecule has 0 aliphatic carbocycles. The highest BCUT2D eigenvalue weighted by Gasteiger charge is 2.12. The quantitative estimate of drug-likeness (QED) is 0.420. The van der Waals surface area contributed by atoms with Gasteiger partial charge in [-0.05, 0) is 66.4 Å². The van der Waals surface area contributed by atoms with Gasteiger partial charge in [0.1, 0.15) is 0 Å². The van der Waals surface area contributed by atoms with Gasteiger partial charge in [0.15, 0.2) is 0 Å². The number of rotatable bonds is 4. The summed E-state index contributed by atoms with van der Waals surface area (Å²) in [6, 6.07) is 21.6. The van der Waals surface area contributed by atoms with Crippen molar-refractivity contribution in [3.05, 3.63) is 89.1 Å². The molecular formula is C26H19N5. The molecular weight excluding hydrogens is 382 g/mol. The van der Waals surface area contributed by atoms with E-state index in [9.17, 15) is 0 Å². The molecule has 0 radical (unpaired) electrons. The molecule has 148 valence electrons. The second-order valence-corrected chi connectivity index (χ2v) is 7.24. The van der Waals surface area contributed by atoms with Crippen molar-refractivity contribution in [1.82, 2.24) is 9.97 Å². The monoisotopic (exact) mass is 401 g/mol. The van der Waals surface area contributed by atoms with E-state index in [2.05, 4.69) is 48.4 Å². The van der Waals surface area contributed by atoms with Crippen LogP contribution in [0, 0.1) is 36.5 Å². The summed E-state index contributed by atoms with van der Waals surface area (Å²) >= 11 is 0. The van der Waals surface area contributed by atoms with Gasteiger partial charge in [0.2, 0.25) is 5.95 Å². The molecule has 5 heteroatoms. The first kappa shape index (κ1) is 19.8. The maximum absolute atomic E-state index is 8.97. The lowest BCUT2D eigenvalue weighted by atomic mass is 9.92. The average molecular weight is 401 g/mol. The summed E-state index contributed by atoms with van der Waals surface area (Å²) < 4.78 is 0. The standard InChI is InChI=1S/C26H19N5/c1-17-13-20(5-4-12-27)14-18(2)24(17)23-7-3-6-21-16-29-26(31-25(21)23)30-22-10-8-19(15-28)9-11-22/h3-11,13-14,16H,1-2H3,(H,29,30,31). The topological polar surface area (TPSA) is 85.4 Å². The van der Waals surface area contributed by atoms with E-state index in [1.54, 1.807) is 12.1 Å². The number of hydrogen-bond acceptors (Lipinski definition) is 5. The largest absolute Gasteiger partial charge is 0.324 e. The molecule has 0 saturated carbocycles. The van der Waals surface area contributed by atoms with E-state index in [0.717, 1.165) is 44.4 Å². The molecule has 0 saturated heterocycles. The minimum Gasteiger partial charge on any atom is -0.324 e. The number of aryl methyl sites for hydroxylation is 2. The molecule has 0 aliphatic rings. The molecule has 1 aromatic heterocycles. The fourth-order valence-electron chi connectivity index (χ4n) is 3.73. The van der Waals surface area contributed by atoms with E-state index in [1.165, 1.54) is 6.08 Å². The number of para-hydroxylation sites is 1. The summed E-state index contributed by atoms with van der Waals surface area (Å²) in [4.78, 5) is 9.24. The Labute approximate surface area is 181 Å². The first-order chi connectivity index (χ1) is 15.1. The van der Waals surface area contributed by atoms with Crippen molar-refractivity contribution in [1.29, 1.82) is 10.5 Å². The van der Waals surface area contributed by atoms with E-state index in [0.29, 0.717) is 11.5 Å². The molecule has 0 amide bonds. The van der Waals surface area contributed by atoms with Crippen molar-refractivity contribution in [3.8, 4) is 23.3 Å². The van der Waals surface area contributed by atoms with Crippen LogP contribution in [0.15, 0.2) is 66.9 Å². The number of nitrogens with zero attached hydrogens (tertiary/aromatic N) is 4. The lowest BCUT2D eigenvalue weighted by molar-refractivity contribution is 1.21. The fraction of sp³-hybridized carbons (Fsp3) is 0.0769. The Morgan fingerprint density at radius 2 is 1.71 bits per heavy atom. The summed E-state index contributed by atoms with van der Waals surface area (Å²) in [5, 5.41) is 21.9. The van der Waals surface area contributed by atoms with Gasteiger partial charge in [0.25, 0.3) is 0 Å². The predicted molar refractivity (Wildman–Crippen MR) is 124 cm³/mol. The highest BCUT2D eigenvalue weighted by Crippen LogP contribution is 2.34. The van der Waals surface area contributed by atoms with Crippen molar-refractivity contribution in [2.45, 2.75) is 13.8 Å². The molecule has 4 rings (SSSR count). The molecule has 5 nitrogen and oxygen atoms in total. The predicted octanol–water partition coefficient (Wildman–Crippen LogP) is 6.07. The minimum atomic E-state index is 0.494. The summed E-state index contributed by atoms with van der Waals surface area (Å²) in [6.45, 7) is 4.14. The zero-order valence-electron chi connectivity index (χ0n) is 17.2. The maximum atomic E-state index is 8.97. The molecule has 0 spiro atoms. The van der Waals surface area contributed by atoms with Crippen LogP contribution >= 0.6 is 0 Å². The second kappa shape index (κ2) is 8.49. The van der Waals surface area contributed by atoms with Crippen LogP contribution in [0.1, 0.15) is 22.3 Å². The van der Waals surface area contributed by atoms with Gasteiger partial charge in [-0.15, -0.1) is 0 Å². The third-order valence-electron chi connectivity index (χ3n) is 5.06. The minimum absolute atomic E-state index is 0.494. The normalized spacial score (nSPS) is 10.7. The molecule has 0 atom stereocenters. The number of fused-ring (bicyclic) bond motifs is 1. The van der Waals surface area contributed by atoms with Gasteiger partial charge in [-0.1, -0.05) is 30.3 Å². The van der Waals surface area contributed by atoms with Gasteiger partial charge in [-0.2, -0.15) is 10.5 Å². The zero-order chi connectivity index (χ0) is 21.8. The summed E-state index contributed by atoms with van der Waals surface area (Å²) in [6.07, 6.45) is 5.11. The van der Waals surface area contributed by atoms with E-state index >= 15 is 0 Å². The van der Waals surface area contributed by atoms with Crippen molar-refractivity contribution in [2.24, 2.45) is 0 Å². The molecule has 3 aromatic carbocycles. The highest BCUT2D eigenvalue weighted by molar-refractivity contribution is 5.95. The van der Waals surface area contributed by atoms with E-state index < -0.39 is 0 Å². The third-order valence-corrected chi connectivity index (χ3v) is 5.06. The van der Waals surface area contributed by atoms with E-state index in [4.69, 9.17) is 15.5 Å². The number of anilines is 2. The highest BCUT2D eigenvalue weighted by atomic mass is 15.1. The molecule has 0 aliphatic heterocycles. The number of hydrogen-bond donors (Lipinski definition) is 1. The lowest BCUT2D eigenvalue weighted by Crippen LogP contribution is -1.99. The van der Waals surface area contributed by atoms with Crippen molar-refractivity contribution in [3.63, 3.8) is 0 Å². The maximum Gasteiger partial charge on any atom is 0.227 e. The van der Waals surface area contributed by atoms with E-state index in [-0.39, 0.29) is 0 Å². The number of benzene rings is 3. The van der Waals surface area contributed by atoms with Crippen LogP contribution in [0.5, 0.6) is 0 Å². The van der Waals surface area contributed by atoms with Gasteiger partial charge in [0, 0.05) is 28.9 Å². The molecule has 1 N–H and O–H groups in total. The van der Waals surface area contributed by atoms with Crippen LogP contribution in [-0.4, -0.2) is 9.97 Å². The molecule has 0 fully saturated rings. The van der Waals surface area contributed by atoms with Gasteiger partial charge >= 0.3 is 0 Å². The summed E-state index contributed by atoms with van der Waals surface area (Å²) in [7, 11) is 0. The Morgan fingerprint density at radius 1 is 0.968 bits per heavy atom. The molecule has 0 unspecified atom stereocenters.